The van der Waals surface area contributed by atoms with E-state index < -0.39 is 10.0 Å². The minimum absolute atomic E-state index is 0.205. The van der Waals surface area contributed by atoms with Crippen molar-refractivity contribution in [2.24, 2.45) is 5.92 Å². The molecule has 8 heteroatoms. The van der Waals surface area contributed by atoms with Crippen LogP contribution in [0.2, 0.25) is 5.02 Å². The Bertz CT molecular complexity index is 1130. The molecule has 30 heavy (non-hydrogen) atoms. The third-order valence-corrected chi connectivity index (χ3v) is 6.31. The number of halogens is 1. The van der Waals surface area contributed by atoms with Gasteiger partial charge in [0.2, 0.25) is 5.88 Å². The molecule has 0 aliphatic carbocycles. The highest BCUT2D eigenvalue weighted by Crippen LogP contribution is 2.26. The smallest absolute Gasteiger partial charge is 0.262 e. The summed E-state index contributed by atoms with van der Waals surface area (Å²) < 4.78 is 33.7. The van der Waals surface area contributed by atoms with Gasteiger partial charge >= 0.3 is 0 Å². The van der Waals surface area contributed by atoms with E-state index in [1.54, 1.807) is 56.3 Å². The van der Waals surface area contributed by atoms with E-state index in [4.69, 9.17) is 16.3 Å². The van der Waals surface area contributed by atoms with Crippen molar-refractivity contribution in [1.29, 1.82) is 0 Å². The average Bonchev–Trinajstić information content (AvgIpc) is 2.70. The largest absolute Gasteiger partial charge is 0.476 e. The predicted molar refractivity (Wildman–Crippen MR) is 120 cm³/mol. The van der Waals surface area contributed by atoms with Crippen LogP contribution in [0.25, 0.3) is 11.3 Å². The molecule has 0 saturated carbocycles. The number of ether oxygens (including phenoxy) is 1. The van der Waals surface area contributed by atoms with Gasteiger partial charge in [0.1, 0.15) is 0 Å². The van der Waals surface area contributed by atoms with Gasteiger partial charge in [-0.2, -0.15) is 0 Å². The van der Waals surface area contributed by atoms with E-state index >= 15 is 0 Å². The Balaban J connectivity index is 1.75. The molecule has 3 aromatic rings. The van der Waals surface area contributed by atoms with Crippen LogP contribution in [0.15, 0.2) is 53.4 Å². The molecule has 0 bridgehead atoms. The van der Waals surface area contributed by atoms with E-state index in [2.05, 4.69) is 28.8 Å². The van der Waals surface area contributed by atoms with Crippen molar-refractivity contribution in [2.75, 3.05) is 11.3 Å². The fourth-order valence-electron chi connectivity index (χ4n) is 2.77. The van der Waals surface area contributed by atoms with Gasteiger partial charge in [-0.1, -0.05) is 37.6 Å². The number of nitrogens with one attached hydrogen (secondary N) is 1. The second kappa shape index (κ2) is 9.02. The van der Waals surface area contributed by atoms with Crippen LogP contribution >= 0.6 is 11.6 Å². The molecule has 0 aliphatic rings. The van der Waals surface area contributed by atoms with Crippen LogP contribution < -0.4 is 9.46 Å². The number of hydrogen-bond donors (Lipinski definition) is 1. The Labute approximate surface area is 182 Å². The molecular formula is C22H24ClN3O3S. The molecule has 0 atom stereocenters. The van der Waals surface area contributed by atoms with E-state index in [-0.39, 0.29) is 4.90 Å². The molecule has 0 radical (unpaired) electrons. The predicted octanol–water partition coefficient (Wildman–Crippen LogP) is 5.25. The molecular weight excluding hydrogens is 422 g/mol. The highest BCUT2D eigenvalue weighted by atomic mass is 35.5. The quantitative estimate of drug-likeness (QED) is 0.537. The van der Waals surface area contributed by atoms with Crippen molar-refractivity contribution in [1.82, 2.24) is 10.2 Å². The molecule has 0 amide bonds. The van der Waals surface area contributed by atoms with Crippen molar-refractivity contribution < 1.29 is 13.2 Å². The van der Waals surface area contributed by atoms with Gasteiger partial charge in [-0.3, -0.25) is 4.72 Å². The Kier molecular flexibility index (Phi) is 6.63. The zero-order valence-corrected chi connectivity index (χ0v) is 18.9. The normalized spacial score (nSPS) is 11.5. The molecule has 0 unspecified atom stereocenters. The van der Waals surface area contributed by atoms with E-state index in [0.29, 0.717) is 45.9 Å². The van der Waals surface area contributed by atoms with E-state index in [1.807, 2.05) is 6.07 Å². The summed E-state index contributed by atoms with van der Waals surface area (Å²) in [7, 11) is -3.73. The fourth-order valence-corrected chi connectivity index (χ4v) is 4.36. The van der Waals surface area contributed by atoms with Crippen LogP contribution in [0.1, 0.15) is 25.0 Å². The lowest BCUT2D eigenvalue weighted by molar-refractivity contribution is 0.258. The summed E-state index contributed by atoms with van der Waals surface area (Å²) in [6, 6.07) is 13.8. The SMILES string of the molecule is Cc1cc(S(=O)(=O)Nc2ccc(-c3ccc(OCC(C)C)nn3)cc2)c(C)cc1Cl. The van der Waals surface area contributed by atoms with Gasteiger partial charge in [-0.05, 0) is 61.2 Å². The summed E-state index contributed by atoms with van der Waals surface area (Å²) >= 11 is 6.08. The molecule has 0 aliphatic heterocycles. The molecule has 0 spiro atoms. The minimum Gasteiger partial charge on any atom is -0.476 e. The van der Waals surface area contributed by atoms with Gasteiger partial charge in [0.25, 0.3) is 10.0 Å². The standard InChI is InChI=1S/C22H24ClN3O3S/c1-14(2)13-29-22-10-9-20(24-25-22)17-5-7-18(8-6-17)26-30(27,28)21-12-15(3)19(23)11-16(21)4/h5-12,14,26H,13H2,1-4H3. The number of aryl methyl sites for hydroxylation is 2. The van der Waals surface area contributed by atoms with Crippen molar-refractivity contribution in [3.05, 3.63) is 64.7 Å². The molecule has 3 rings (SSSR count). The van der Waals surface area contributed by atoms with Crippen LogP contribution in [0, 0.1) is 19.8 Å². The minimum atomic E-state index is -3.73. The average molecular weight is 446 g/mol. The van der Waals surface area contributed by atoms with Crippen LogP contribution in [-0.2, 0) is 10.0 Å². The molecule has 1 N–H and O–H groups in total. The van der Waals surface area contributed by atoms with Gasteiger partial charge in [-0.25, -0.2) is 8.42 Å². The maximum atomic E-state index is 12.8. The second-order valence-corrected chi connectivity index (χ2v) is 9.57. The Hall–Kier alpha value is -2.64. The first-order valence-corrected chi connectivity index (χ1v) is 11.4. The third-order valence-electron chi connectivity index (χ3n) is 4.38. The van der Waals surface area contributed by atoms with Gasteiger partial charge in [-0.15, -0.1) is 10.2 Å². The van der Waals surface area contributed by atoms with E-state index in [9.17, 15) is 8.42 Å². The number of benzene rings is 2. The van der Waals surface area contributed by atoms with Crippen LogP contribution in [-0.4, -0.2) is 25.2 Å². The second-order valence-electron chi connectivity index (χ2n) is 7.51. The molecule has 0 saturated heterocycles. The number of hydrogen-bond acceptors (Lipinski definition) is 5. The number of rotatable bonds is 7. The van der Waals surface area contributed by atoms with Crippen molar-refractivity contribution in [2.45, 2.75) is 32.6 Å². The first-order chi connectivity index (χ1) is 14.2. The summed E-state index contributed by atoms with van der Waals surface area (Å²) in [6.07, 6.45) is 0. The van der Waals surface area contributed by atoms with Crippen LogP contribution in [0.3, 0.4) is 0 Å². The van der Waals surface area contributed by atoms with Gasteiger partial charge < -0.3 is 4.74 Å². The molecule has 2 aromatic carbocycles. The zero-order valence-electron chi connectivity index (χ0n) is 17.3. The first kappa shape index (κ1) is 22.1. The van der Waals surface area contributed by atoms with Crippen molar-refractivity contribution >= 4 is 27.3 Å². The highest BCUT2D eigenvalue weighted by Gasteiger charge is 2.18. The maximum absolute atomic E-state index is 12.8. The number of anilines is 1. The van der Waals surface area contributed by atoms with E-state index in [1.165, 1.54) is 0 Å². The molecule has 1 heterocycles. The van der Waals surface area contributed by atoms with Gasteiger partial charge in [0.15, 0.2) is 0 Å². The molecule has 0 fully saturated rings. The maximum Gasteiger partial charge on any atom is 0.262 e. The van der Waals surface area contributed by atoms with Crippen LogP contribution in [0.5, 0.6) is 5.88 Å². The summed E-state index contributed by atoms with van der Waals surface area (Å²) in [6.45, 7) is 8.20. The molecule has 6 nitrogen and oxygen atoms in total. The summed E-state index contributed by atoms with van der Waals surface area (Å²) in [5, 5.41) is 8.80. The van der Waals surface area contributed by atoms with E-state index in [0.717, 1.165) is 5.56 Å². The molecule has 1 aromatic heterocycles. The number of nitrogens with zero attached hydrogens (tertiary/aromatic N) is 2. The lowest BCUT2D eigenvalue weighted by atomic mass is 10.1. The van der Waals surface area contributed by atoms with Crippen molar-refractivity contribution in [3.8, 4) is 17.1 Å². The zero-order chi connectivity index (χ0) is 21.9. The summed E-state index contributed by atoms with van der Waals surface area (Å²) in [4.78, 5) is 0.205. The lowest BCUT2D eigenvalue weighted by Gasteiger charge is -2.12. The number of sulfonamides is 1. The summed E-state index contributed by atoms with van der Waals surface area (Å²) in [5.74, 6) is 0.883. The van der Waals surface area contributed by atoms with Gasteiger partial charge in [0.05, 0.1) is 17.2 Å². The molecule has 158 valence electrons. The topological polar surface area (TPSA) is 81.2 Å². The Morgan fingerprint density at radius 3 is 2.30 bits per heavy atom. The van der Waals surface area contributed by atoms with Crippen LogP contribution in [0.4, 0.5) is 5.69 Å². The first-order valence-electron chi connectivity index (χ1n) is 9.52. The van der Waals surface area contributed by atoms with Crippen molar-refractivity contribution in [3.63, 3.8) is 0 Å². The summed E-state index contributed by atoms with van der Waals surface area (Å²) in [5.41, 5.74) is 3.24. The third kappa shape index (κ3) is 5.29. The Morgan fingerprint density at radius 1 is 1.00 bits per heavy atom. The monoisotopic (exact) mass is 445 g/mol. The fraction of sp³-hybridized carbons (Fsp3) is 0.273. The Morgan fingerprint density at radius 2 is 1.70 bits per heavy atom. The highest BCUT2D eigenvalue weighted by molar-refractivity contribution is 7.92. The lowest BCUT2D eigenvalue weighted by Crippen LogP contribution is -2.14. The number of aromatic nitrogens is 2. The van der Waals surface area contributed by atoms with Gasteiger partial charge in [0, 0.05) is 22.3 Å².